The van der Waals surface area contributed by atoms with E-state index in [0.29, 0.717) is 27.5 Å². The number of furan rings is 1. The summed E-state index contributed by atoms with van der Waals surface area (Å²) in [5, 5.41) is 4.01. The summed E-state index contributed by atoms with van der Waals surface area (Å²) in [5.41, 5.74) is 1.73. The van der Waals surface area contributed by atoms with Crippen LogP contribution in [0.15, 0.2) is 40.8 Å². The lowest BCUT2D eigenvalue weighted by Gasteiger charge is -2.20. The van der Waals surface area contributed by atoms with Crippen LogP contribution in [-0.4, -0.2) is 12.7 Å². The minimum absolute atomic E-state index is 0.101. The fourth-order valence-corrected chi connectivity index (χ4v) is 2.96. The van der Waals surface area contributed by atoms with E-state index in [4.69, 9.17) is 25.5 Å². The zero-order chi connectivity index (χ0) is 17.4. The summed E-state index contributed by atoms with van der Waals surface area (Å²) < 4.78 is 29.8. The highest BCUT2D eigenvalue weighted by Gasteiger charge is 2.18. The molecule has 3 aromatic rings. The monoisotopic (exact) mass is 361 g/mol. The maximum absolute atomic E-state index is 13.7. The number of benzene rings is 2. The smallest absolute Gasteiger partial charge is 0.287 e. The van der Waals surface area contributed by atoms with Gasteiger partial charge in [-0.15, -0.1) is 0 Å². The van der Waals surface area contributed by atoms with Gasteiger partial charge >= 0.3 is 0 Å². The molecule has 4 rings (SSSR count). The Morgan fingerprint density at radius 2 is 2.12 bits per heavy atom. The van der Waals surface area contributed by atoms with Gasteiger partial charge in [-0.25, -0.2) is 4.39 Å². The lowest BCUT2D eigenvalue weighted by molar-refractivity contribution is -0.0173. The quantitative estimate of drug-likeness (QED) is 0.765. The zero-order valence-corrected chi connectivity index (χ0v) is 13.7. The Morgan fingerprint density at radius 1 is 1.24 bits per heavy atom. The van der Waals surface area contributed by atoms with Gasteiger partial charge in [0.1, 0.15) is 17.1 Å². The Morgan fingerprint density at radius 3 is 3.00 bits per heavy atom. The van der Waals surface area contributed by atoms with E-state index in [9.17, 15) is 9.18 Å². The molecular weight excluding hydrogens is 349 g/mol. The third kappa shape index (κ3) is 3.18. The molecule has 25 heavy (non-hydrogen) atoms. The van der Waals surface area contributed by atoms with Gasteiger partial charge < -0.3 is 19.2 Å². The van der Waals surface area contributed by atoms with Crippen molar-refractivity contribution in [2.24, 2.45) is 0 Å². The van der Waals surface area contributed by atoms with Crippen LogP contribution in [0.1, 0.15) is 21.7 Å². The average Bonchev–Trinajstić information content (AvgIpc) is 3.02. The van der Waals surface area contributed by atoms with Crippen molar-refractivity contribution in [2.75, 3.05) is 6.79 Å². The predicted molar refractivity (Wildman–Crippen MR) is 89.1 cm³/mol. The van der Waals surface area contributed by atoms with E-state index in [0.717, 1.165) is 5.39 Å². The average molecular weight is 362 g/mol. The topological polar surface area (TPSA) is 60.7 Å². The van der Waals surface area contributed by atoms with Crippen molar-refractivity contribution in [3.63, 3.8) is 0 Å². The number of carbonyl (C=O) groups is 1. The van der Waals surface area contributed by atoms with Crippen LogP contribution in [0.3, 0.4) is 0 Å². The highest BCUT2D eigenvalue weighted by Crippen LogP contribution is 2.29. The van der Waals surface area contributed by atoms with Gasteiger partial charge in [-0.2, -0.15) is 0 Å². The molecule has 0 unspecified atom stereocenters. The maximum atomic E-state index is 13.7. The van der Waals surface area contributed by atoms with Crippen LogP contribution < -0.4 is 10.1 Å². The third-order valence-corrected chi connectivity index (χ3v) is 4.13. The Bertz CT molecular complexity index is 969. The second-order valence-electron chi connectivity index (χ2n) is 5.64. The number of amides is 1. The van der Waals surface area contributed by atoms with E-state index in [1.807, 2.05) is 0 Å². The molecule has 0 aliphatic carbocycles. The molecule has 2 aromatic carbocycles. The fourth-order valence-electron chi connectivity index (χ4n) is 2.78. The van der Waals surface area contributed by atoms with Crippen LogP contribution in [-0.2, 0) is 17.9 Å². The normalized spacial score (nSPS) is 13.4. The van der Waals surface area contributed by atoms with E-state index in [1.165, 1.54) is 12.1 Å². The first kappa shape index (κ1) is 15.9. The zero-order valence-electron chi connectivity index (χ0n) is 13.0. The van der Waals surface area contributed by atoms with Crippen molar-refractivity contribution < 1.29 is 23.1 Å². The second kappa shape index (κ2) is 6.38. The molecule has 1 aliphatic rings. The molecule has 0 spiro atoms. The van der Waals surface area contributed by atoms with E-state index >= 15 is 0 Å². The van der Waals surface area contributed by atoms with Crippen LogP contribution in [0.4, 0.5) is 4.39 Å². The highest BCUT2D eigenvalue weighted by molar-refractivity contribution is 6.31. The van der Waals surface area contributed by atoms with Crippen molar-refractivity contribution in [1.82, 2.24) is 5.32 Å². The molecule has 128 valence electrons. The van der Waals surface area contributed by atoms with Crippen LogP contribution in [0.5, 0.6) is 5.75 Å². The van der Waals surface area contributed by atoms with Crippen LogP contribution in [0.2, 0.25) is 5.02 Å². The first-order chi connectivity index (χ1) is 12.1. The number of halogens is 2. The molecule has 0 saturated heterocycles. The van der Waals surface area contributed by atoms with Gasteiger partial charge in [0, 0.05) is 28.1 Å². The Kier molecular flexibility index (Phi) is 4.07. The summed E-state index contributed by atoms with van der Waals surface area (Å²) in [6.07, 6.45) is 0. The molecule has 7 heteroatoms. The van der Waals surface area contributed by atoms with Gasteiger partial charge in [-0.1, -0.05) is 11.6 Å². The molecule has 1 aliphatic heterocycles. The van der Waals surface area contributed by atoms with Gasteiger partial charge in [0.05, 0.1) is 6.61 Å². The van der Waals surface area contributed by atoms with Crippen molar-refractivity contribution in [1.29, 1.82) is 0 Å². The van der Waals surface area contributed by atoms with Crippen molar-refractivity contribution >= 4 is 28.5 Å². The molecule has 0 atom stereocenters. The first-order valence-electron chi connectivity index (χ1n) is 7.59. The number of carbonyl (C=O) groups excluding carboxylic acids is 1. The molecule has 1 N–H and O–H groups in total. The molecule has 0 bridgehead atoms. The van der Waals surface area contributed by atoms with Crippen LogP contribution in [0.25, 0.3) is 11.0 Å². The highest BCUT2D eigenvalue weighted by atomic mass is 35.5. The predicted octanol–water partition coefficient (Wildman–Crippen LogP) is 4.02. The summed E-state index contributed by atoms with van der Waals surface area (Å²) in [7, 11) is 0. The summed E-state index contributed by atoms with van der Waals surface area (Å²) in [4.78, 5) is 12.3. The lowest BCUT2D eigenvalue weighted by atomic mass is 10.1. The van der Waals surface area contributed by atoms with E-state index in [1.54, 1.807) is 24.3 Å². The molecule has 1 amide bonds. The van der Waals surface area contributed by atoms with Crippen molar-refractivity contribution in [3.05, 3.63) is 64.1 Å². The SMILES string of the molecule is O=C(NCc1cc(F)cc2c1OCOC2)c1cc2cc(Cl)ccc2o1. The van der Waals surface area contributed by atoms with E-state index < -0.39 is 11.7 Å². The standard InChI is InChI=1S/C18H13ClFNO4/c19-13-1-2-15-10(3-13)6-16(25-15)18(22)21-7-11-4-14(20)5-12-8-23-9-24-17(11)12/h1-6H,7-9H2,(H,21,22). The first-order valence-corrected chi connectivity index (χ1v) is 7.97. The lowest BCUT2D eigenvalue weighted by Crippen LogP contribution is -2.24. The van der Waals surface area contributed by atoms with Crippen molar-refractivity contribution in [3.8, 4) is 5.75 Å². The minimum Gasteiger partial charge on any atom is -0.467 e. The van der Waals surface area contributed by atoms with Crippen LogP contribution in [0, 0.1) is 5.82 Å². The van der Waals surface area contributed by atoms with Gasteiger partial charge in [-0.05, 0) is 36.4 Å². The number of nitrogens with one attached hydrogen (secondary N) is 1. The molecule has 0 saturated carbocycles. The van der Waals surface area contributed by atoms with E-state index in [-0.39, 0.29) is 25.7 Å². The Hall–Kier alpha value is -2.57. The van der Waals surface area contributed by atoms with Gasteiger partial charge in [0.15, 0.2) is 12.6 Å². The minimum atomic E-state index is -0.407. The molecule has 2 heterocycles. The summed E-state index contributed by atoms with van der Waals surface area (Å²) in [6, 6.07) is 9.42. The Labute approximate surface area is 147 Å². The number of fused-ring (bicyclic) bond motifs is 2. The van der Waals surface area contributed by atoms with Gasteiger partial charge in [0.25, 0.3) is 5.91 Å². The number of rotatable bonds is 3. The summed E-state index contributed by atoms with van der Waals surface area (Å²) >= 11 is 5.93. The molecule has 5 nitrogen and oxygen atoms in total. The van der Waals surface area contributed by atoms with Crippen molar-refractivity contribution in [2.45, 2.75) is 13.2 Å². The fraction of sp³-hybridized carbons (Fsp3) is 0.167. The third-order valence-electron chi connectivity index (χ3n) is 3.89. The Balaban J connectivity index is 1.54. The number of hydrogen-bond donors (Lipinski definition) is 1. The molecule has 0 radical (unpaired) electrons. The van der Waals surface area contributed by atoms with E-state index in [2.05, 4.69) is 5.32 Å². The second-order valence-corrected chi connectivity index (χ2v) is 6.08. The number of ether oxygens (including phenoxy) is 2. The number of hydrogen-bond acceptors (Lipinski definition) is 4. The summed E-state index contributed by atoms with van der Waals surface area (Å²) in [6.45, 7) is 0.485. The van der Waals surface area contributed by atoms with Crippen LogP contribution >= 0.6 is 11.6 Å². The largest absolute Gasteiger partial charge is 0.467 e. The van der Waals surface area contributed by atoms with Gasteiger partial charge in [0.2, 0.25) is 0 Å². The molecular formula is C18H13ClFNO4. The summed E-state index contributed by atoms with van der Waals surface area (Å²) in [5.74, 6) is -0.107. The molecule has 0 fully saturated rings. The maximum Gasteiger partial charge on any atom is 0.287 e. The van der Waals surface area contributed by atoms with Gasteiger partial charge in [-0.3, -0.25) is 4.79 Å². The molecule has 1 aromatic heterocycles.